The Hall–Kier alpha value is -2.86. The van der Waals surface area contributed by atoms with E-state index in [4.69, 9.17) is 9.47 Å². The molecule has 6 nitrogen and oxygen atoms in total. The first-order chi connectivity index (χ1) is 13.9. The van der Waals surface area contributed by atoms with E-state index in [2.05, 4.69) is 19.2 Å². The zero-order chi connectivity index (χ0) is 21.2. The van der Waals surface area contributed by atoms with E-state index < -0.39 is 0 Å². The van der Waals surface area contributed by atoms with Crippen LogP contribution >= 0.6 is 0 Å². The van der Waals surface area contributed by atoms with E-state index in [1.807, 2.05) is 32.0 Å². The number of nitrogens with one attached hydrogen (secondary N) is 2. The summed E-state index contributed by atoms with van der Waals surface area (Å²) < 4.78 is 10.9. The van der Waals surface area contributed by atoms with Gasteiger partial charge in [-0.3, -0.25) is 4.79 Å². The molecule has 6 heteroatoms. The summed E-state index contributed by atoms with van der Waals surface area (Å²) >= 11 is 0. The molecule has 0 radical (unpaired) electrons. The van der Waals surface area contributed by atoms with Gasteiger partial charge >= 0.3 is 5.97 Å². The number of amides is 1. The lowest BCUT2D eigenvalue weighted by atomic mass is 10.1. The minimum atomic E-state index is -0.354. The zero-order valence-corrected chi connectivity index (χ0v) is 17.7. The van der Waals surface area contributed by atoms with Gasteiger partial charge in [-0.05, 0) is 63.6 Å². The van der Waals surface area contributed by atoms with E-state index in [9.17, 15) is 9.59 Å². The van der Waals surface area contributed by atoms with Crippen molar-refractivity contribution in [2.24, 2.45) is 0 Å². The maximum absolute atomic E-state index is 12.1. The fourth-order valence-electron chi connectivity index (χ4n) is 2.97. The van der Waals surface area contributed by atoms with Gasteiger partial charge in [-0.1, -0.05) is 17.7 Å². The highest BCUT2D eigenvalue weighted by Gasteiger charge is 2.10. The molecule has 1 amide bonds. The van der Waals surface area contributed by atoms with Gasteiger partial charge < -0.3 is 19.7 Å². The fraction of sp³-hybridized carbons (Fsp3) is 0.391. The SMILES string of the molecule is CC[NH+](CC)CCOC(=O)c1ccc(NC(=O)COc2ccc(C)cc2C)cc1. The van der Waals surface area contributed by atoms with Crippen LogP contribution in [0.15, 0.2) is 42.5 Å². The summed E-state index contributed by atoms with van der Waals surface area (Å²) in [4.78, 5) is 25.6. The molecule has 156 valence electrons. The van der Waals surface area contributed by atoms with Gasteiger partial charge in [-0.25, -0.2) is 4.79 Å². The van der Waals surface area contributed by atoms with Crippen LogP contribution in [0.1, 0.15) is 35.3 Å². The third-order valence-electron chi connectivity index (χ3n) is 4.78. The Morgan fingerprint density at radius 3 is 2.31 bits per heavy atom. The van der Waals surface area contributed by atoms with Gasteiger partial charge in [0.15, 0.2) is 6.61 Å². The average Bonchev–Trinajstić information content (AvgIpc) is 2.71. The van der Waals surface area contributed by atoms with Gasteiger partial charge in [0.2, 0.25) is 0 Å². The van der Waals surface area contributed by atoms with E-state index >= 15 is 0 Å². The fourth-order valence-corrected chi connectivity index (χ4v) is 2.97. The quantitative estimate of drug-likeness (QED) is 0.602. The Balaban J connectivity index is 1.80. The van der Waals surface area contributed by atoms with Crippen LogP contribution in [0.5, 0.6) is 5.75 Å². The Labute approximate surface area is 172 Å². The first-order valence-electron chi connectivity index (χ1n) is 10.0. The van der Waals surface area contributed by atoms with Crippen molar-refractivity contribution < 1.29 is 24.0 Å². The number of hydrogen-bond donors (Lipinski definition) is 2. The minimum absolute atomic E-state index is 0.0820. The number of benzene rings is 2. The molecule has 0 saturated heterocycles. The van der Waals surface area contributed by atoms with Crippen molar-refractivity contribution in [1.82, 2.24) is 0 Å². The van der Waals surface area contributed by atoms with E-state index in [1.54, 1.807) is 24.3 Å². The van der Waals surface area contributed by atoms with Gasteiger partial charge in [0.1, 0.15) is 18.9 Å². The largest absolute Gasteiger partial charge is 0.483 e. The van der Waals surface area contributed by atoms with Crippen molar-refractivity contribution in [2.75, 3.05) is 38.2 Å². The lowest BCUT2D eigenvalue weighted by Gasteiger charge is -2.15. The number of likely N-dealkylation sites (N-methyl/N-ethyl adjacent to an activating group) is 1. The molecule has 0 saturated carbocycles. The number of ether oxygens (including phenoxy) is 2. The second-order valence-corrected chi connectivity index (χ2v) is 7.03. The number of esters is 1. The van der Waals surface area contributed by atoms with Crippen molar-refractivity contribution in [2.45, 2.75) is 27.7 Å². The number of aryl methyl sites for hydroxylation is 2. The molecule has 2 N–H and O–H groups in total. The first kappa shape index (κ1) is 22.4. The molecular weight excluding hydrogens is 368 g/mol. The maximum atomic E-state index is 12.1. The molecule has 2 aromatic carbocycles. The molecule has 0 heterocycles. The lowest BCUT2D eigenvalue weighted by molar-refractivity contribution is -0.896. The highest BCUT2D eigenvalue weighted by atomic mass is 16.5. The normalized spacial score (nSPS) is 10.7. The van der Waals surface area contributed by atoms with Crippen LogP contribution in [-0.2, 0) is 9.53 Å². The standard InChI is InChI=1S/C23H30N2O4/c1-5-25(6-2)13-14-28-23(27)19-8-10-20(11-9-19)24-22(26)16-29-21-12-7-17(3)15-18(21)4/h7-12,15H,5-6,13-14,16H2,1-4H3,(H,24,26)/p+1. The van der Waals surface area contributed by atoms with Gasteiger partial charge in [0.25, 0.3) is 5.91 Å². The van der Waals surface area contributed by atoms with Crippen molar-refractivity contribution in [3.05, 3.63) is 59.2 Å². The third kappa shape index (κ3) is 7.23. The van der Waals surface area contributed by atoms with Crippen molar-refractivity contribution in [3.8, 4) is 5.75 Å². The van der Waals surface area contributed by atoms with Gasteiger partial charge in [-0.15, -0.1) is 0 Å². The Bertz CT molecular complexity index is 814. The summed E-state index contributed by atoms with van der Waals surface area (Å²) in [5, 5.41) is 2.76. The predicted molar refractivity (Wildman–Crippen MR) is 114 cm³/mol. The van der Waals surface area contributed by atoms with Crippen LogP contribution in [0, 0.1) is 13.8 Å². The summed E-state index contributed by atoms with van der Waals surface area (Å²) in [5.74, 6) is 0.0745. The Morgan fingerprint density at radius 1 is 1.00 bits per heavy atom. The smallest absolute Gasteiger partial charge is 0.338 e. The molecule has 0 bridgehead atoms. The number of quaternary nitrogens is 1. The van der Waals surface area contributed by atoms with Gasteiger partial charge in [-0.2, -0.15) is 0 Å². The topological polar surface area (TPSA) is 69.1 Å². The molecule has 0 unspecified atom stereocenters. The van der Waals surface area contributed by atoms with E-state index in [1.165, 1.54) is 4.90 Å². The van der Waals surface area contributed by atoms with E-state index in [-0.39, 0.29) is 18.5 Å². The molecule has 0 aliphatic heterocycles. The highest BCUT2D eigenvalue weighted by Crippen LogP contribution is 2.18. The summed E-state index contributed by atoms with van der Waals surface area (Å²) in [6, 6.07) is 12.5. The maximum Gasteiger partial charge on any atom is 0.338 e. The summed E-state index contributed by atoms with van der Waals surface area (Å²) in [6.07, 6.45) is 0. The molecule has 0 aliphatic rings. The number of anilines is 1. The molecule has 0 aromatic heterocycles. The molecular formula is C23H31N2O4+. The van der Waals surface area contributed by atoms with Crippen molar-refractivity contribution in [3.63, 3.8) is 0 Å². The van der Waals surface area contributed by atoms with Crippen LogP contribution < -0.4 is 15.0 Å². The third-order valence-corrected chi connectivity index (χ3v) is 4.78. The Morgan fingerprint density at radius 2 is 1.69 bits per heavy atom. The molecule has 0 atom stereocenters. The lowest BCUT2D eigenvalue weighted by Crippen LogP contribution is -3.11. The molecule has 2 rings (SSSR count). The van der Waals surface area contributed by atoms with Crippen LogP contribution in [0.4, 0.5) is 5.69 Å². The molecule has 29 heavy (non-hydrogen) atoms. The van der Waals surface area contributed by atoms with Gasteiger partial charge in [0.05, 0.1) is 18.7 Å². The highest BCUT2D eigenvalue weighted by molar-refractivity contribution is 5.93. The molecule has 0 spiro atoms. The second kappa shape index (κ2) is 11.2. The monoisotopic (exact) mass is 399 g/mol. The number of hydrogen-bond acceptors (Lipinski definition) is 4. The van der Waals surface area contributed by atoms with Crippen LogP contribution in [0.2, 0.25) is 0 Å². The number of carbonyl (C=O) groups excluding carboxylic acids is 2. The average molecular weight is 400 g/mol. The zero-order valence-electron chi connectivity index (χ0n) is 17.7. The summed E-state index contributed by atoms with van der Waals surface area (Å²) in [6.45, 7) is 11.3. The predicted octanol–water partition coefficient (Wildman–Crippen LogP) is 2.40. The number of rotatable bonds is 10. The first-order valence-corrected chi connectivity index (χ1v) is 10.0. The molecule has 2 aromatic rings. The van der Waals surface area contributed by atoms with E-state index in [0.717, 1.165) is 30.8 Å². The van der Waals surface area contributed by atoms with Crippen LogP contribution in [-0.4, -0.2) is 44.7 Å². The van der Waals surface area contributed by atoms with Gasteiger partial charge in [0, 0.05) is 5.69 Å². The Kier molecular flexibility index (Phi) is 8.68. The minimum Gasteiger partial charge on any atom is -0.483 e. The van der Waals surface area contributed by atoms with E-state index in [0.29, 0.717) is 23.6 Å². The summed E-state index contributed by atoms with van der Waals surface area (Å²) in [5.41, 5.74) is 3.20. The van der Waals surface area contributed by atoms with Crippen molar-refractivity contribution in [1.29, 1.82) is 0 Å². The van der Waals surface area contributed by atoms with Crippen molar-refractivity contribution >= 4 is 17.6 Å². The summed E-state index contributed by atoms with van der Waals surface area (Å²) in [7, 11) is 0. The number of carbonyl (C=O) groups is 2. The molecule has 0 fully saturated rings. The van der Waals surface area contributed by atoms with Crippen LogP contribution in [0.3, 0.4) is 0 Å². The molecule has 0 aliphatic carbocycles. The van der Waals surface area contributed by atoms with Crippen LogP contribution in [0.25, 0.3) is 0 Å². The second-order valence-electron chi connectivity index (χ2n) is 7.03.